The normalized spacial score (nSPS) is 10.4. The topological polar surface area (TPSA) is 67.0 Å². The van der Waals surface area contributed by atoms with Crippen molar-refractivity contribution in [1.82, 2.24) is 24.1 Å². The number of aromatic nitrogens is 5. The Morgan fingerprint density at radius 2 is 1.00 bits per heavy atom. The van der Waals surface area contributed by atoms with E-state index in [0.717, 1.165) is 45.1 Å². The Hall–Kier alpha value is -2.10. The summed E-state index contributed by atoms with van der Waals surface area (Å²) in [6, 6.07) is 22.4. The number of nitrogens with zero attached hydrogens (tertiary/aromatic N) is 5. The van der Waals surface area contributed by atoms with E-state index >= 15 is 0 Å². The van der Waals surface area contributed by atoms with E-state index in [1.54, 1.807) is 0 Å². The van der Waals surface area contributed by atoms with Gasteiger partial charge in [0.1, 0.15) is 11.4 Å². The maximum absolute atomic E-state index is 5.64. The third kappa shape index (κ3) is 7.10. The van der Waals surface area contributed by atoms with Crippen LogP contribution in [0.1, 0.15) is 13.8 Å². The van der Waals surface area contributed by atoms with Crippen LogP contribution in [0, 0.1) is 0 Å². The van der Waals surface area contributed by atoms with Gasteiger partial charge in [-0.2, -0.15) is 0 Å². The summed E-state index contributed by atoms with van der Waals surface area (Å²) in [6.07, 6.45) is 0. The predicted molar refractivity (Wildman–Crippen MR) is 135 cm³/mol. The van der Waals surface area contributed by atoms with E-state index in [1.807, 2.05) is 68.4 Å². The molecule has 3 heterocycles. The van der Waals surface area contributed by atoms with E-state index in [2.05, 4.69) is 21.3 Å². The van der Waals surface area contributed by atoms with E-state index in [1.165, 1.54) is 0 Å². The molecule has 0 N–H and O–H groups in total. The van der Waals surface area contributed by atoms with Crippen molar-refractivity contribution in [3.63, 3.8) is 0 Å². The molecule has 5 aromatic rings. The first-order valence-electron chi connectivity index (χ1n) is 11.8. The van der Waals surface area contributed by atoms with Crippen molar-refractivity contribution in [1.29, 1.82) is 0 Å². The zero-order valence-electron chi connectivity index (χ0n) is 21.2. The minimum Gasteiger partial charge on any atom is -1.00 e. The summed E-state index contributed by atoms with van der Waals surface area (Å²) in [7, 11) is 0. The molecule has 0 radical (unpaired) electrons. The largest absolute Gasteiger partial charge is 3.00 e. The molecule has 200 valence electrons. The Bertz CT molecular complexity index is 1320. The molecule has 0 amide bonds. The molecule has 0 aliphatic heterocycles. The van der Waals surface area contributed by atoms with Crippen molar-refractivity contribution in [2.75, 3.05) is 26.4 Å². The molecule has 0 aliphatic carbocycles. The fourth-order valence-electron chi connectivity index (χ4n) is 4.28. The third-order valence-corrected chi connectivity index (χ3v) is 5.84. The van der Waals surface area contributed by atoms with Gasteiger partial charge in [-0.3, -0.25) is 0 Å². The SMILES string of the molecule is CCOCCn1c(-c2cccc(-c3nc4ccccc4n3CCOCC)n2)nc2ccccc21.[Cl-].[Cl-].[Cl-].[V+3]. The van der Waals surface area contributed by atoms with Crippen LogP contribution < -0.4 is 37.2 Å². The summed E-state index contributed by atoms with van der Waals surface area (Å²) in [4.78, 5) is 14.9. The average molecular weight is 613 g/mol. The molecule has 38 heavy (non-hydrogen) atoms. The number of hydrogen-bond acceptors (Lipinski definition) is 5. The second-order valence-corrected chi connectivity index (χ2v) is 7.95. The monoisotopic (exact) mass is 611 g/mol. The number of para-hydroxylation sites is 4. The van der Waals surface area contributed by atoms with Crippen LogP contribution >= 0.6 is 0 Å². The van der Waals surface area contributed by atoms with Crippen LogP contribution in [0.15, 0.2) is 66.7 Å². The molecule has 0 saturated carbocycles. The van der Waals surface area contributed by atoms with Crippen molar-refractivity contribution >= 4 is 22.1 Å². The summed E-state index contributed by atoms with van der Waals surface area (Å²) in [5.41, 5.74) is 5.68. The number of imidazole rings is 2. The van der Waals surface area contributed by atoms with E-state index in [0.29, 0.717) is 39.5 Å². The number of hydrogen-bond donors (Lipinski definition) is 0. The Morgan fingerprint density at radius 1 is 0.579 bits per heavy atom. The van der Waals surface area contributed by atoms with Crippen LogP contribution in [0.5, 0.6) is 0 Å². The van der Waals surface area contributed by atoms with Gasteiger partial charge in [0, 0.05) is 26.3 Å². The van der Waals surface area contributed by atoms with Gasteiger partial charge in [-0.1, -0.05) is 30.3 Å². The van der Waals surface area contributed by atoms with Gasteiger partial charge in [0.15, 0.2) is 11.6 Å². The first kappa shape index (κ1) is 33.9. The van der Waals surface area contributed by atoms with Crippen molar-refractivity contribution in [3.8, 4) is 23.0 Å². The van der Waals surface area contributed by atoms with Gasteiger partial charge in [0.2, 0.25) is 0 Å². The zero-order valence-corrected chi connectivity index (χ0v) is 24.9. The molecule has 0 bridgehead atoms. The number of benzene rings is 2. The van der Waals surface area contributed by atoms with Crippen LogP contribution in [0.3, 0.4) is 0 Å². The van der Waals surface area contributed by atoms with E-state index in [9.17, 15) is 0 Å². The molecular formula is C27H29Cl3N5O2V. The number of ether oxygens (including phenoxy) is 2. The van der Waals surface area contributed by atoms with Crippen molar-refractivity contribution < 1.29 is 65.3 Å². The molecule has 0 fully saturated rings. The van der Waals surface area contributed by atoms with Gasteiger partial charge >= 0.3 is 18.6 Å². The summed E-state index contributed by atoms with van der Waals surface area (Å²) in [5, 5.41) is 0. The molecule has 5 rings (SSSR count). The van der Waals surface area contributed by atoms with Crippen LogP contribution in [-0.4, -0.2) is 50.5 Å². The Labute approximate surface area is 253 Å². The van der Waals surface area contributed by atoms with Gasteiger partial charge < -0.3 is 55.8 Å². The molecule has 0 unspecified atom stereocenters. The van der Waals surface area contributed by atoms with Gasteiger partial charge in [-0.05, 0) is 50.2 Å². The molecule has 3 aromatic heterocycles. The van der Waals surface area contributed by atoms with E-state index in [4.69, 9.17) is 24.4 Å². The summed E-state index contributed by atoms with van der Waals surface area (Å²) in [6.45, 7) is 8.06. The molecule has 11 heteroatoms. The maximum Gasteiger partial charge on any atom is 3.00 e. The number of fused-ring (bicyclic) bond motifs is 2. The van der Waals surface area contributed by atoms with Crippen molar-refractivity contribution in [2.45, 2.75) is 26.9 Å². The third-order valence-electron chi connectivity index (χ3n) is 5.84. The van der Waals surface area contributed by atoms with Crippen LogP contribution in [0.4, 0.5) is 0 Å². The fraction of sp³-hybridized carbons (Fsp3) is 0.296. The predicted octanol–water partition coefficient (Wildman–Crippen LogP) is -3.80. The second-order valence-electron chi connectivity index (χ2n) is 7.95. The first-order valence-corrected chi connectivity index (χ1v) is 11.8. The number of halogens is 3. The second kappa shape index (κ2) is 16.1. The van der Waals surface area contributed by atoms with E-state index < -0.39 is 0 Å². The quantitative estimate of drug-likeness (QED) is 0.152. The molecular weight excluding hydrogens is 584 g/mol. The van der Waals surface area contributed by atoms with Crippen molar-refractivity contribution in [3.05, 3.63) is 66.7 Å². The fourth-order valence-corrected chi connectivity index (χ4v) is 4.28. The number of pyridine rings is 1. The van der Waals surface area contributed by atoms with Gasteiger partial charge in [-0.15, -0.1) is 0 Å². The van der Waals surface area contributed by atoms with Gasteiger partial charge in [0.05, 0.1) is 35.3 Å². The zero-order chi connectivity index (χ0) is 23.3. The van der Waals surface area contributed by atoms with E-state index in [-0.39, 0.29) is 55.8 Å². The minimum atomic E-state index is 0. The maximum atomic E-state index is 5.64. The Kier molecular flexibility index (Phi) is 14.4. The number of rotatable bonds is 10. The van der Waals surface area contributed by atoms with Gasteiger partial charge in [0.25, 0.3) is 0 Å². The summed E-state index contributed by atoms with van der Waals surface area (Å²) < 4.78 is 15.7. The molecule has 0 atom stereocenters. The van der Waals surface area contributed by atoms with Crippen LogP contribution in [0.2, 0.25) is 0 Å². The average Bonchev–Trinajstić information content (AvgIpc) is 3.43. The molecule has 0 spiro atoms. The smallest absolute Gasteiger partial charge is 1.00 e. The summed E-state index contributed by atoms with van der Waals surface area (Å²) >= 11 is 0. The van der Waals surface area contributed by atoms with Gasteiger partial charge in [-0.25, -0.2) is 15.0 Å². The molecule has 7 nitrogen and oxygen atoms in total. The standard InChI is InChI=1S/C27H29N5O2.3ClH.V/c1-3-33-18-16-31-24-14-7-5-10-20(24)29-26(31)22-12-9-13-23(28-22)27-30-21-11-6-8-15-25(21)32(27)17-19-34-4-2;;;;/h5-15H,3-4,16-19H2,1-2H3;3*1H;/q;;;;+3/p-3. The van der Waals surface area contributed by atoms with Crippen LogP contribution in [-0.2, 0) is 41.1 Å². The molecule has 0 saturated heterocycles. The molecule has 0 aliphatic rings. The Balaban J connectivity index is 0.00000180. The molecule has 2 aromatic carbocycles. The first-order chi connectivity index (χ1) is 16.8. The Morgan fingerprint density at radius 3 is 1.42 bits per heavy atom. The summed E-state index contributed by atoms with van der Waals surface area (Å²) in [5.74, 6) is 1.67. The minimum absolute atomic E-state index is 0. The van der Waals surface area contributed by atoms with Crippen molar-refractivity contribution in [2.24, 2.45) is 0 Å². The van der Waals surface area contributed by atoms with Crippen LogP contribution in [0.25, 0.3) is 45.1 Å².